The first-order chi connectivity index (χ1) is 14.8. The van der Waals surface area contributed by atoms with E-state index in [2.05, 4.69) is 47.8 Å². The van der Waals surface area contributed by atoms with Gasteiger partial charge in [-0.1, -0.05) is 58.9 Å². The van der Waals surface area contributed by atoms with E-state index in [9.17, 15) is 9.90 Å². The maximum absolute atomic E-state index is 12.8. The van der Waals surface area contributed by atoms with Gasteiger partial charge in [-0.2, -0.15) is 0 Å². The van der Waals surface area contributed by atoms with Gasteiger partial charge in [0, 0.05) is 11.8 Å². The van der Waals surface area contributed by atoms with Gasteiger partial charge in [-0.3, -0.25) is 4.79 Å². The highest BCUT2D eigenvalue weighted by Gasteiger charge is 2.68. The highest BCUT2D eigenvalue weighted by atomic mass is 16.3. The Morgan fingerprint density at radius 2 is 1.62 bits per heavy atom. The molecule has 0 aromatic heterocycles. The number of carbonyl (C=O) groups excluding carboxylic acids is 1. The van der Waals surface area contributed by atoms with E-state index >= 15 is 0 Å². The second-order valence-electron chi connectivity index (χ2n) is 13.5. The van der Waals surface area contributed by atoms with Crippen molar-refractivity contribution in [1.82, 2.24) is 0 Å². The molecule has 0 heterocycles. The number of rotatable bonds is 5. The molecule has 32 heavy (non-hydrogen) atoms. The van der Waals surface area contributed by atoms with Crippen LogP contribution in [0.15, 0.2) is 24.3 Å². The summed E-state index contributed by atoms with van der Waals surface area (Å²) in [6.45, 7) is 22.7. The summed E-state index contributed by atoms with van der Waals surface area (Å²) in [5.41, 5.74) is 3.06. The first-order valence-corrected chi connectivity index (χ1v) is 13.3. The molecular formula is C30H48O2. The number of Topliss-reactive ketones (excluding diaryl/α,β-unsaturated/α-hetero) is 1. The highest BCUT2D eigenvalue weighted by molar-refractivity contribution is 5.85. The van der Waals surface area contributed by atoms with Crippen LogP contribution in [-0.2, 0) is 4.79 Å². The number of carbonyl (C=O) groups is 1. The molecule has 0 aliphatic heterocycles. The third-order valence-corrected chi connectivity index (χ3v) is 12.0. The van der Waals surface area contributed by atoms with E-state index in [4.69, 9.17) is 0 Å². The summed E-state index contributed by atoms with van der Waals surface area (Å²) >= 11 is 0. The Morgan fingerprint density at radius 3 is 2.28 bits per heavy atom. The lowest BCUT2D eigenvalue weighted by Crippen LogP contribution is -2.63. The van der Waals surface area contributed by atoms with E-state index in [-0.39, 0.29) is 5.41 Å². The average molecular weight is 441 g/mol. The van der Waals surface area contributed by atoms with E-state index in [1.54, 1.807) is 0 Å². The van der Waals surface area contributed by atoms with Crippen molar-refractivity contribution in [2.45, 2.75) is 112 Å². The number of ketones is 1. The molecule has 4 rings (SSSR count). The van der Waals surface area contributed by atoms with Gasteiger partial charge in [0.25, 0.3) is 0 Å². The maximum Gasteiger partial charge on any atom is 0.138 e. The Kier molecular flexibility index (Phi) is 5.93. The molecule has 0 radical (unpaired) electrons. The summed E-state index contributed by atoms with van der Waals surface area (Å²) in [4.78, 5) is 12.8. The third-order valence-electron chi connectivity index (χ3n) is 12.0. The van der Waals surface area contributed by atoms with E-state index in [1.807, 2.05) is 6.92 Å². The molecule has 4 aliphatic carbocycles. The van der Waals surface area contributed by atoms with E-state index in [0.717, 1.165) is 43.1 Å². The first kappa shape index (κ1) is 24.2. The number of hydrogen-bond acceptors (Lipinski definition) is 2. The number of hydrogen-bond donors (Lipinski definition) is 1. The van der Waals surface area contributed by atoms with Crippen molar-refractivity contribution in [3.05, 3.63) is 24.3 Å². The quantitative estimate of drug-likeness (QED) is 0.449. The Morgan fingerprint density at radius 1 is 0.969 bits per heavy atom. The summed E-state index contributed by atoms with van der Waals surface area (Å²) in [7, 11) is 0. The van der Waals surface area contributed by atoms with Crippen LogP contribution in [0.25, 0.3) is 0 Å². The molecule has 0 aromatic rings. The fourth-order valence-electron chi connectivity index (χ4n) is 9.79. The van der Waals surface area contributed by atoms with Crippen molar-refractivity contribution in [2.75, 3.05) is 0 Å². The minimum Gasteiger partial charge on any atom is -0.389 e. The zero-order chi connectivity index (χ0) is 23.7. The monoisotopic (exact) mass is 440 g/mol. The molecule has 4 aliphatic rings. The topological polar surface area (TPSA) is 37.3 Å². The number of allylic oxidation sites excluding steroid dienone is 1. The van der Waals surface area contributed by atoms with Crippen LogP contribution in [0.4, 0.5) is 0 Å². The minimum absolute atomic E-state index is 0.164. The van der Waals surface area contributed by atoms with Crippen LogP contribution in [-0.4, -0.2) is 17.0 Å². The standard InChI is InChI=1S/C30H48O2/c1-19(2)23(31)11-9-20(3)21-13-17-29(7)22(21)10-12-25-28(6)16-15-26(32)27(4,5)24(28)14-18-30(25,29)8/h21-25,31H,1,3,9-18H2,2,4-8H3/t21-,22-,23-,24+,25-,28+,29-,30-/m1/s1. The Labute approximate surface area is 197 Å². The average Bonchev–Trinajstić information content (AvgIpc) is 3.07. The fraction of sp³-hybridized carbons (Fsp3) is 0.833. The lowest BCUT2D eigenvalue weighted by atomic mass is 9.35. The molecule has 0 amide bonds. The van der Waals surface area contributed by atoms with E-state index in [0.29, 0.717) is 33.9 Å². The second-order valence-corrected chi connectivity index (χ2v) is 13.5. The second kappa shape index (κ2) is 7.82. The van der Waals surface area contributed by atoms with Crippen LogP contribution in [0.3, 0.4) is 0 Å². The smallest absolute Gasteiger partial charge is 0.138 e. The van der Waals surface area contributed by atoms with Gasteiger partial charge >= 0.3 is 0 Å². The van der Waals surface area contributed by atoms with E-state index < -0.39 is 6.10 Å². The van der Waals surface area contributed by atoms with Gasteiger partial charge < -0.3 is 5.11 Å². The first-order valence-electron chi connectivity index (χ1n) is 13.3. The lowest BCUT2D eigenvalue weighted by molar-refractivity contribution is -0.201. The molecule has 4 saturated carbocycles. The van der Waals surface area contributed by atoms with Crippen molar-refractivity contribution < 1.29 is 9.90 Å². The van der Waals surface area contributed by atoms with Gasteiger partial charge in [0.1, 0.15) is 5.78 Å². The summed E-state index contributed by atoms with van der Waals surface area (Å²) < 4.78 is 0. The Hall–Kier alpha value is -0.890. The van der Waals surface area contributed by atoms with Crippen molar-refractivity contribution in [1.29, 1.82) is 0 Å². The summed E-state index contributed by atoms with van der Waals surface area (Å²) in [5.74, 6) is 3.07. The lowest BCUT2D eigenvalue weighted by Gasteiger charge is -2.69. The minimum atomic E-state index is -0.402. The Balaban J connectivity index is 1.57. The predicted octanol–water partition coefficient (Wildman–Crippen LogP) is 7.51. The van der Waals surface area contributed by atoms with Crippen molar-refractivity contribution in [3.63, 3.8) is 0 Å². The van der Waals surface area contributed by atoms with Gasteiger partial charge in [-0.05, 0) is 105 Å². The maximum atomic E-state index is 12.8. The molecule has 2 heteroatoms. The van der Waals surface area contributed by atoms with Crippen molar-refractivity contribution in [3.8, 4) is 0 Å². The number of aliphatic hydroxyl groups excluding tert-OH is 1. The fourth-order valence-corrected chi connectivity index (χ4v) is 9.79. The zero-order valence-electron chi connectivity index (χ0n) is 21.7. The van der Waals surface area contributed by atoms with Gasteiger partial charge in [0.2, 0.25) is 0 Å². The van der Waals surface area contributed by atoms with Crippen molar-refractivity contribution >= 4 is 5.78 Å². The molecule has 8 atom stereocenters. The van der Waals surface area contributed by atoms with Crippen LogP contribution < -0.4 is 0 Å². The van der Waals surface area contributed by atoms with Crippen LogP contribution >= 0.6 is 0 Å². The number of fused-ring (bicyclic) bond motifs is 5. The van der Waals surface area contributed by atoms with Crippen LogP contribution in [0.1, 0.15) is 106 Å². The molecule has 4 fully saturated rings. The van der Waals surface area contributed by atoms with Crippen molar-refractivity contribution in [2.24, 2.45) is 45.3 Å². The van der Waals surface area contributed by atoms with E-state index in [1.165, 1.54) is 44.1 Å². The Bertz CT molecular complexity index is 808. The third kappa shape index (κ3) is 3.25. The summed E-state index contributed by atoms with van der Waals surface area (Å²) in [5, 5.41) is 10.2. The number of aliphatic hydroxyl groups is 1. The highest BCUT2D eigenvalue weighted by Crippen LogP contribution is 2.75. The van der Waals surface area contributed by atoms with Crippen LogP contribution in [0.2, 0.25) is 0 Å². The molecule has 1 N–H and O–H groups in total. The van der Waals surface area contributed by atoms with Crippen LogP contribution in [0, 0.1) is 45.3 Å². The molecule has 0 unspecified atom stereocenters. The molecule has 0 saturated heterocycles. The predicted molar refractivity (Wildman–Crippen MR) is 133 cm³/mol. The molecule has 180 valence electrons. The zero-order valence-corrected chi connectivity index (χ0v) is 21.7. The largest absolute Gasteiger partial charge is 0.389 e. The van der Waals surface area contributed by atoms with Gasteiger partial charge in [0.05, 0.1) is 6.10 Å². The van der Waals surface area contributed by atoms with Gasteiger partial charge in [-0.15, -0.1) is 0 Å². The summed E-state index contributed by atoms with van der Waals surface area (Å²) in [6, 6.07) is 0. The normalized spacial score (nSPS) is 46.0. The molecule has 0 spiro atoms. The van der Waals surface area contributed by atoms with Gasteiger partial charge in [0.15, 0.2) is 0 Å². The SMILES string of the molecule is C=C(C)[C@H](O)CCC(=C)[C@H]1CC[C@]2(C)[C@@H]1CC[C@@H]1[C@@]3(C)CCC(=O)C(C)(C)[C@@H]3CC[C@]12C. The van der Waals surface area contributed by atoms with Crippen LogP contribution in [0.5, 0.6) is 0 Å². The summed E-state index contributed by atoms with van der Waals surface area (Å²) in [6.07, 6.45) is 10.8. The molecule has 2 nitrogen and oxygen atoms in total. The molecule has 0 bridgehead atoms. The molecular weight excluding hydrogens is 392 g/mol. The van der Waals surface area contributed by atoms with Gasteiger partial charge in [-0.25, -0.2) is 0 Å². The molecule has 0 aromatic carbocycles.